The van der Waals surface area contributed by atoms with Gasteiger partial charge in [-0.15, -0.1) is 0 Å². The van der Waals surface area contributed by atoms with Gasteiger partial charge in [0.05, 0.1) is 21.3 Å². The Morgan fingerprint density at radius 3 is 1.96 bits per heavy atom. The summed E-state index contributed by atoms with van der Waals surface area (Å²) in [4.78, 5) is -0.441. The molecule has 0 saturated heterocycles. The van der Waals surface area contributed by atoms with E-state index in [9.17, 15) is 13.7 Å². The third-order valence-electron chi connectivity index (χ3n) is 3.41. The molecule has 2 aromatic carbocycles. The summed E-state index contributed by atoms with van der Waals surface area (Å²) in [5, 5.41) is 9.32. The molecule has 136 valence electrons. The van der Waals surface area contributed by atoms with Crippen LogP contribution in [-0.4, -0.2) is 29.7 Å². The first-order valence-electron chi connectivity index (χ1n) is 7.43. The Morgan fingerprint density at radius 2 is 1.50 bits per heavy atom. The summed E-state index contributed by atoms with van der Waals surface area (Å²) in [6.45, 7) is 0. The van der Waals surface area contributed by atoms with E-state index in [1.54, 1.807) is 48.5 Å². The predicted molar refractivity (Wildman–Crippen MR) is 98.7 cm³/mol. The van der Waals surface area contributed by atoms with Gasteiger partial charge in [-0.3, -0.25) is 4.72 Å². The smallest absolute Gasteiger partial charge is 0.272 e. The average molecular weight is 374 g/mol. The molecule has 0 bridgehead atoms. The van der Waals surface area contributed by atoms with E-state index in [1.807, 2.05) is 0 Å². The topological polar surface area (TPSA) is 97.7 Å². The standard InChI is InChI=1S/C18H18N2O5S/c1-23-15-6-4-14(5-7-15)20-26(21,22)18(12-19)10-13-8-16(24-2)11-17(9-13)25-3/h4-11,20H,1-3H3/b18-10+. The second-order valence-corrected chi connectivity index (χ2v) is 6.75. The molecule has 0 aromatic heterocycles. The lowest BCUT2D eigenvalue weighted by Crippen LogP contribution is -2.14. The Hall–Kier alpha value is -3.18. The van der Waals surface area contributed by atoms with Gasteiger partial charge in [0.2, 0.25) is 0 Å². The van der Waals surface area contributed by atoms with Crippen LogP contribution in [-0.2, 0) is 10.0 Å². The molecule has 0 aliphatic rings. The van der Waals surface area contributed by atoms with E-state index in [2.05, 4.69) is 4.72 Å². The van der Waals surface area contributed by atoms with Crippen LogP contribution < -0.4 is 18.9 Å². The summed E-state index contributed by atoms with van der Waals surface area (Å²) < 4.78 is 42.7. The number of anilines is 1. The van der Waals surface area contributed by atoms with E-state index >= 15 is 0 Å². The number of methoxy groups -OCH3 is 3. The van der Waals surface area contributed by atoms with Crippen molar-refractivity contribution in [2.24, 2.45) is 0 Å². The number of rotatable bonds is 7. The predicted octanol–water partition coefficient (Wildman–Crippen LogP) is 3.02. The first-order valence-corrected chi connectivity index (χ1v) is 8.92. The molecule has 1 N–H and O–H groups in total. The minimum absolute atomic E-state index is 0.315. The molecule has 26 heavy (non-hydrogen) atoms. The van der Waals surface area contributed by atoms with E-state index in [0.717, 1.165) is 0 Å². The lowest BCUT2D eigenvalue weighted by atomic mass is 10.2. The number of hydrogen-bond acceptors (Lipinski definition) is 6. The van der Waals surface area contributed by atoms with Crippen molar-refractivity contribution in [1.29, 1.82) is 5.26 Å². The van der Waals surface area contributed by atoms with Crippen molar-refractivity contribution >= 4 is 21.8 Å². The minimum Gasteiger partial charge on any atom is -0.497 e. The fraction of sp³-hybridized carbons (Fsp3) is 0.167. The Morgan fingerprint density at radius 1 is 0.962 bits per heavy atom. The lowest BCUT2D eigenvalue weighted by Gasteiger charge is -2.09. The first-order chi connectivity index (χ1) is 12.4. The minimum atomic E-state index is -4.05. The highest BCUT2D eigenvalue weighted by atomic mass is 32.2. The van der Waals surface area contributed by atoms with Gasteiger partial charge < -0.3 is 14.2 Å². The van der Waals surface area contributed by atoms with Crippen LogP contribution in [0.25, 0.3) is 6.08 Å². The van der Waals surface area contributed by atoms with Crippen molar-refractivity contribution in [1.82, 2.24) is 0 Å². The Bertz CT molecular complexity index is 922. The lowest BCUT2D eigenvalue weighted by molar-refractivity contribution is 0.394. The Kier molecular flexibility index (Phi) is 6.09. The quantitative estimate of drug-likeness (QED) is 0.748. The fourth-order valence-corrected chi connectivity index (χ4v) is 3.07. The summed E-state index contributed by atoms with van der Waals surface area (Å²) in [6, 6.07) is 12.9. The molecule has 0 heterocycles. The zero-order valence-corrected chi connectivity index (χ0v) is 15.3. The van der Waals surface area contributed by atoms with Crippen molar-refractivity contribution in [3.05, 3.63) is 52.9 Å². The SMILES string of the molecule is COc1ccc(NS(=O)(=O)/C(C#N)=C/c2cc(OC)cc(OC)c2)cc1. The molecular weight excluding hydrogens is 356 g/mol. The van der Waals surface area contributed by atoms with Gasteiger partial charge in [-0.1, -0.05) is 0 Å². The first kappa shape index (κ1) is 19.1. The molecule has 0 saturated carbocycles. The number of nitrogens with zero attached hydrogens (tertiary/aromatic N) is 1. The number of sulfonamides is 1. The molecule has 2 aromatic rings. The van der Waals surface area contributed by atoms with Crippen molar-refractivity contribution in [3.63, 3.8) is 0 Å². The number of ether oxygens (including phenoxy) is 3. The van der Waals surface area contributed by atoms with Gasteiger partial charge in [0.25, 0.3) is 10.0 Å². The van der Waals surface area contributed by atoms with Crippen molar-refractivity contribution < 1.29 is 22.6 Å². The number of nitriles is 1. The van der Waals surface area contributed by atoms with E-state index in [1.165, 1.54) is 27.4 Å². The van der Waals surface area contributed by atoms with Crippen LogP contribution in [0.15, 0.2) is 47.4 Å². The fourth-order valence-electron chi connectivity index (χ4n) is 2.10. The van der Waals surface area contributed by atoms with Crippen LogP contribution in [0, 0.1) is 11.3 Å². The Labute approximate surface area is 152 Å². The van der Waals surface area contributed by atoms with Gasteiger partial charge in [0, 0.05) is 11.8 Å². The summed E-state index contributed by atoms with van der Waals surface area (Å²) >= 11 is 0. The maximum Gasteiger partial charge on any atom is 0.272 e. The zero-order valence-electron chi connectivity index (χ0n) is 14.5. The van der Waals surface area contributed by atoms with Crippen LogP contribution in [0.1, 0.15) is 5.56 Å². The molecule has 0 radical (unpaired) electrons. The van der Waals surface area contributed by atoms with E-state index in [4.69, 9.17) is 14.2 Å². The van der Waals surface area contributed by atoms with Gasteiger partial charge in [0.15, 0.2) is 4.91 Å². The molecule has 0 spiro atoms. The van der Waals surface area contributed by atoms with Crippen molar-refractivity contribution in [3.8, 4) is 23.3 Å². The molecule has 2 rings (SSSR count). The van der Waals surface area contributed by atoms with Crippen LogP contribution in [0.4, 0.5) is 5.69 Å². The number of nitrogens with one attached hydrogen (secondary N) is 1. The number of allylic oxidation sites excluding steroid dienone is 1. The number of hydrogen-bond donors (Lipinski definition) is 1. The van der Waals surface area contributed by atoms with Crippen molar-refractivity contribution in [2.45, 2.75) is 0 Å². The van der Waals surface area contributed by atoms with E-state index in [0.29, 0.717) is 28.5 Å². The van der Waals surface area contributed by atoms with Gasteiger partial charge in [-0.05, 0) is 48.0 Å². The van der Waals surface area contributed by atoms with Crippen molar-refractivity contribution in [2.75, 3.05) is 26.1 Å². The van der Waals surface area contributed by atoms with E-state index in [-0.39, 0.29) is 0 Å². The van der Waals surface area contributed by atoms with Crippen LogP contribution >= 0.6 is 0 Å². The second-order valence-electron chi connectivity index (χ2n) is 5.10. The largest absolute Gasteiger partial charge is 0.497 e. The monoisotopic (exact) mass is 374 g/mol. The summed E-state index contributed by atoms with van der Waals surface area (Å²) in [5.74, 6) is 1.55. The molecule has 0 amide bonds. The zero-order chi connectivity index (χ0) is 19.2. The van der Waals surface area contributed by atoms with Gasteiger partial charge >= 0.3 is 0 Å². The molecule has 0 aliphatic heterocycles. The molecule has 0 atom stereocenters. The molecule has 8 heteroatoms. The maximum atomic E-state index is 12.5. The van der Waals surface area contributed by atoms with Crippen LogP contribution in [0.2, 0.25) is 0 Å². The van der Waals surface area contributed by atoms with Crippen LogP contribution in [0.5, 0.6) is 17.2 Å². The summed E-state index contributed by atoms with van der Waals surface area (Å²) in [7, 11) is 0.420. The van der Waals surface area contributed by atoms with E-state index < -0.39 is 14.9 Å². The molecule has 7 nitrogen and oxygen atoms in total. The van der Waals surface area contributed by atoms with Gasteiger partial charge in [-0.2, -0.15) is 5.26 Å². The summed E-state index contributed by atoms with van der Waals surface area (Å²) in [6.07, 6.45) is 1.25. The third-order valence-corrected chi connectivity index (χ3v) is 4.71. The number of benzene rings is 2. The summed E-state index contributed by atoms with van der Waals surface area (Å²) in [5.41, 5.74) is 0.771. The highest BCUT2D eigenvalue weighted by Crippen LogP contribution is 2.25. The molecule has 0 aliphatic carbocycles. The normalized spacial score (nSPS) is 11.4. The molecule has 0 unspecified atom stereocenters. The third kappa shape index (κ3) is 4.68. The van der Waals surface area contributed by atoms with Crippen LogP contribution in [0.3, 0.4) is 0 Å². The highest BCUT2D eigenvalue weighted by molar-refractivity contribution is 7.96. The maximum absolute atomic E-state index is 12.5. The van der Waals surface area contributed by atoms with Gasteiger partial charge in [0.1, 0.15) is 23.3 Å². The Balaban J connectivity index is 2.36. The van der Waals surface area contributed by atoms with Gasteiger partial charge in [-0.25, -0.2) is 8.42 Å². The average Bonchev–Trinajstić information content (AvgIpc) is 2.65. The molecular formula is C18H18N2O5S. The second kappa shape index (κ2) is 8.27. The highest BCUT2D eigenvalue weighted by Gasteiger charge is 2.18. The molecule has 0 fully saturated rings.